The van der Waals surface area contributed by atoms with Gasteiger partial charge < -0.3 is 5.32 Å². The lowest BCUT2D eigenvalue weighted by molar-refractivity contribution is -0.120. The molecule has 4 rings (SSSR count). The van der Waals surface area contributed by atoms with Crippen molar-refractivity contribution in [2.45, 2.75) is 36.4 Å². The third-order valence-corrected chi connectivity index (χ3v) is 8.16. The van der Waals surface area contributed by atoms with Gasteiger partial charge in [-0.25, -0.2) is 8.42 Å². The molecule has 1 aliphatic rings. The first-order valence-electron chi connectivity index (χ1n) is 9.18. The van der Waals surface area contributed by atoms with Crippen LogP contribution in [0.15, 0.2) is 40.7 Å². The zero-order valence-electron chi connectivity index (χ0n) is 15.2. The van der Waals surface area contributed by atoms with Crippen LogP contribution in [0.2, 0.25) is 0 Å². The van der Waals surface area contributed by atoms with Crippen LogP contribution < -0.4 is 5.32 Å². The lowest BCUT2D eigenvalue weighted by Gasteiger charge is -2.25. The third-order valence-electron chi connectivity index (χ3n) is 4.71. The van der Waals surface area contributed by atoms with E-state index in [1.165, 1.54) is 0 Å². The summed E-state index contributed by atoms with van der Waals surface area (Å²) in [6.45, 7) is 1.40. The molecule has 0 aliphatic carbocycles. The van der Waals surface area contributed by atoms with E-state index in [0.717, 1.165) is 41.1 Å². The van der Waals surface area contributed by atoms with Crippen LogP contribution in [0.5, 0.6) is 0 Å². The van der Waals surface area contributed by atoms with Crippen molar-refractivity contribution in [1.82, 2.24) is 24.2 Å². The molecule has 0 unspecified atom stereocenters. The number of sulfonamides is 1. The number of amides is 1. The third kappa shape index (κ3) is 3.94. The summed E-state index contributed by atoms with van der Waals surface area (Å²) in [6.07, 6.45) is 4.85. The minimum Gasteiger partial charge on any atom is -0.348 e. The highest BCUT2D eigenvalue weighted by molar-refractivity contribution is 7.91. The highest BCUT2D eigenvalue weighted by Crippen LogP contribution is 2.27. The van der Waals surface area contributed by atoms with Crippen LogP contribution in [0.25, 0.3) is 5.65 Å². The maximum absolute atomic E-state index is 12.7. The Labute approximate surface area is 167 Å². The lowest BCUT2D eigenvalue weighted by atomic mass is 10.2. The molecule has 0 spiro atoms. The molecule has 1 fully saturated rings. The van der Waals surface area contributed by atoms with E-state index in [1.54, 1.807) is 16.4 Å². The van der Waals surface area contributed by atoms with Gasteiger partial charge in [-0.2, -0.15) is 4.31 Å². The van der Waals surface area contributed by atoms with Gasteiger partial charge in [0.1, 0.15) is 4.21 Å². The number of thiophene rings is 1. The second kappa shape index (κ2) is 7.98. The Hall–Kier alpha value is -2.30. The zero-order chi connectivity index (χ0) is 19.6. The van der Waals surface area contributed by atoms with Gasteiger partial charge in [0.25, 0.3) is 10.0 Å². The number of nitrogens with zero attached hydrogens (tertiary/aromatic N) is 4. The minimum atomic E-state index is -3.45. The first-order valence-corrected chi connectivity index (χ1v) is 11.4. The molecule has 3 aromatic heterocycles. The van der Waals surface area contributed by atoms with Gasteiger partial charge in [-0.1, -0.05) is 12.5 Å². The van der Waals surface area contributed by atoms with Crippen LogP contribution >= 0.6 is 11.3 Å². The van der Waals surface area contributed by atoms with Gasteiger partial charge >= 0.3 is 0 Å². The fraction of sp³-hybridized carbons (Fsp3) is 0.389. The number of nitrogens with one attached hydrogen (secondary N) is 1. The van der Waals surface area contributed by atoms with Crippen LogP contribution in [-0.2, 0) is 27.8 Å². The number of rotatable bonds is 6. The Morgan fingerprint density at radius 2 is 1.93 bits per heavy atom. The van der Waals surface area contributed by atoms with Crippen molar-refractivity contribution in [3.63, 3.8) is 0 Å². The Balaban J connectivity index is 1.37. The summed E-state index contributed by atoms with van der Waals surface area (Å²) in [5.41, 5.74) is 0.720. The number of pyridine rings is 1. The van der Waals surface area contributed by atoms with Gasteiger partial charge in [-0.3, -0.25) is 9.20 Å². The van der Waals surface area contributed by atoms with Crippen molar-refractivity contribution in [1.29, 1.82) is 0 Å². The van der Waals surface area contributed by atoms with E-state index < -0.39 is 10.0 Å². The molecule has 4 heterocycles. The van der Waals surface area contributed by atoms with Crippen molar-refractivity contribution in [3.8, 4) is 0 Å². The summed E-state index contributed by atoms with van der Waals surface area (Å²) in [6, 6.07) is 8.90. The van der Waals surface area contributed by atoms with E-state index in [0.29, 0.717) is 23.1 Å². The molecule has 0 atom stereocenters. The van der Waals surface area contributed by atoms with E-state index in [2.05, 4.69) is 15.5 Å². The standard InChI is InChI=1S/C18H21N5O3S2/c24-17(19-13-16-21-20-15-6-2-5-11-23(15)16)12-14-7-8-18(27-14)28(25,26)22-9-3-1-4-10-22/h2,5-8,11H,1,3-4,9-10,12-13H2,(H,19,24). The largest absolute Gasteiger partial charge is 0.348 e. The van der Waals surface area contributed by atoms with Gasteiger partial charge in [0.15, 0.2) is 11.5 Å². The van der Waals surface area contributed by atoms with Crippen LogP contribution in [0.3, 0.4) is 0 Å². The molecule has 0 aromatic carbocycles. The molecule has 0 bridgehead atoms. The zero-order valence-corrected chi connectivity index (χ0v) is 16.9. The monoisotopic (exact) mass is 419 g/mol. The summed E-state index contributed by atoms with van der Waals surface area (Å²) >= 11 is 1.16. The Morgan fingerprint density at radius 1 is 1.11 bits per heavy atom. The smallest absolute Gasteiger partial charge is 0.252 e. The molecule has 1 amide bonds. The highest BCUT2D eigenvalue weighted by Gasteiger charge is 2.27. The van der Waals surface area contributed by atoms with Crippen molar-refractivity contribution in [2.24, 2.45) is 0 Å². The van der Waals surface area contributed by atoms with Crippen LogP contribution in [0, 0.1) is 0 Å². The normalized spacial score (nSPS) is 15.7. The Morgan fingerprint density at radius 3 is 2.75 bits per heavy atom. The van der Waals surface area contributed by atoms with E-state index >= 15 is 0 Å². The molecule has 8 nitrogen and oxygen atoms in total. The maximum atomic E-state index is 12.7. The molecule has 0 radical (unpaired) electrons. The summed E-state index contributed by atoms with van der Waals surface area (Å²) in [5, 5.41) is 10.9. The second-order valence-electron chi connectivity index (χ2n) is 6.68. The molecule has 1 N–H and O–H groups in total. The van der Waals surface area contributed by atoms with Crippen LogP contribution in [0.4, 0.5) is 0 Å². The predicted molar refractivity (Wildman–Crippen MR) is 105 cm³/mol. The average molecular weight is 420 g/mol. The van der Waals surface area contributed by atoms with E-state index in [-0.39, 0.29) is 18.9 Å². The first kappa shape index (κ1) is 19.0. The number of hydrogen-bond acceptors (Lipinski definition) is 6. The first-order chi connectivity index (χ1) is 13.5. The Kier molecular flexibility index (Phi) is 5.42. The van der Waals surface area contributed by atoms with E-state index in [1.807, 2.05) is 28.8 Å². The van der Waals surface area contributed by atoms with Gasteiger partial charge in [0.2, 0.25) is 5.91 Å². The van der Waals surface area contributed by atoms with Gasteiger partial charge in [-0.05, 0) is 37.1 Å². The van der Waals surface area contributed by atoms with Crippen LogP contribution in [-0.4, -0.2) is 46.3 Å². The van der Waals surface area contributed by atoms with Crippen LogP contribution in [0.1, 0.15) is 30.0 Å². The summed E-state index contributed by atoms with van der Waals surface area (Å²) in [5.74, 6) is 0.458. The summed E-state index contributed by atoms with van der Waals surface area (Å²) in [4.78, 5) is 13.0. The molecule has 0 saturated carbocycles. The van der Waals surface area contributed by atoms with Crippen molar-refractivity contribution in [2.75, 3.05) is 13.1 Å². The van der Waals surface area contributed by atoms with E-state index in [9.17, 15) is 13.2 Å². The molecule has 3 aromatic rings. The van der Waals surface area contributed by atoms with Gasteiger partial charge in [0, 0.05) is 24.2 Å². The lowest BCUT2D eigenvalue weighted by Crippen LogP contribution is -2.35. The minimum absolute atomic E-state index is 0.136. The number of piperidine rings is 1. The van der Waals surface area contributed by atoms with Gasteiger partial charge in [0.05, 0.1) is 13.0 Å². The quantitative estimate of drug-likeness (QED) is 0.657. The second-order valence-corrected chi connectivity index (χ2v) is 10.0. The number of carbonyl (C=O) groups excluding carboxylic acids is 1. The fourth-order valence-electron chi connectivity index (χ4n) is 3.23. The number of hydrogen-bond donors (Lipinski definition) is 1. The maximum Gasteiger partial charge on any atom is 0.252 e. The van der Waals surface area contributed by atoms with E-state index in [4.69, 9.17) is 0 Å². The molecule has 10 heteroatoms. The number of aromatic nitrogens is 3. The van der Waals surface area contributed by atoms with Crippen molar-refractivity contribution in [3.05, 3.63) is 47.2 Å². The molecular formula is C18H21N5O3S2. The SMILES string of the molecule is O=C(Cc1ccc(S(=O)(=O)N2CCCCC2)s1)NCc1nnc2ccccn12. The molecular weight excluding hydrogens is 398 g/mol. The molecule has 1 saturated heterocycles. The molecule has 148 valence electrons. The van der Waals surface area contributed by atoms with Crippen molar-refractivity contribution >= 4 is 32.9 Å². The fourth-order valence-corrected chi connectivity index (χ4v) is 6.26. The molecule has 1 aliphatic heterocycles. The summed E-state index contributed by atoms with van der Waals surface area (Å²) in [7, 11) is -3.45. The summed E-state index contributed by atoms with van der Waals surface area (Å²) < 4.78 is 29.1. The molecule has 28 heavy (non-hydrogen) atoms. The number of carbonyl (C=O) groups is 1. The van der Waals surface area contributed by atoms with Gasteiger partial charge in [-0.15, -0.1) is 21.5 Å². The average Bonchev–Trinajstić information content (AvgIpc) is 3.34. The number of fused-ring (bicyclic) bond motifs is 1. The Bertz CT molecular complexity index is 1080. The predicted octanol–water partition coefficient (Wildman–Crippen LogP) is 1.82. The topological polar surface area (TPSA) is 96.7 Å². The highest BCUT2D eigenvalue weighted by atomic mass is 32.2. The van der Waals surface area contributed by atoms with Crippen molar-refractivity contribution < 1.29 is 13.2 Å².